The summed E-state index contributed by atoms with van der Waals surface area (Å²) in [6, 6.07) is 7.02. The quantitative estimate of drug-likeness (QED) is 0.457. The largest absolute Gasteiger partial charge is 0.238 e. The highest BCUT2D eigenvalue weighted by molar-refractivity contribution is 5.53. The average Bonchev–Trinajstić information content (AvgIpc) is 1.89. The summed E-state index contributed by atoms with van der Waals surface area (Å²) in [6.45, 7) is 12.0. The van der Waals surface area contributed by atoms with E-state index >= 15 is 0 Å². The number of para-hydroxylation sites is 1. The lowest BCUT2D eigenvalue weighted by molar-refractivity contribution is 1.63. The fourth-order valence-electron chi connectivity index (χ4n) is 0.589. The van der Waals surface area contributed by atoms with E-state index in [2.05, 4.69) is 4.85 Å². The second kappa shape index (κ2) is 2.32. The maximum Gasteiger partial charge on any atom is 0.190 e. The first-order valence-corrected chi connectivity index (χ1v) is 2.56. The van der Waals surface area contributed by atoms with Crippen LogP contribution in [0.1, 0.15) is 5.56 Å². The first kappa shape index (κ1) is 5.84. The zero-order valence-corrected chi connectivity index (χ0v) is 4.83. The Hall–Kier alpha value is -1.29. The van der Waals surface area contributed by atoms with Crippen LogP contribution in [0.3, 0.4) is 0 Å². The van der Waals surface area contributed by atoms with E-state index in [1.165, 1.54) is 0 Å². The first-order chi connectivity index (χ1) is 4.34. The van der Waals surface area contributed by atoms with E-state index in [9.17, 15) is 0 Å². The molecule has 9 heavy (non-hydrogen) atoms. The van der Waals surface area contributed by atoms with Gasteiger partial charge in [-0.3, -0.25) is 0 Å². The monoisotopic (exact) mass is 115 g/mol. The lowest BCUT2D eigenvalue weighted by Crippen LogP contribution is -1.67. The highest BCUT2D eigenvalue weighted by Gasteiger charge is 1.90. The fraction of sp³-hybridized carbons (Fsp3) is 0. The van der Waals surface area contributed by atoms with Gasteiger partial charge in [-0.25, -0.2) is 4.85 Å². The van der Waals surface area contributed by atoms with Gasteiger partial charge in [0.15, 0.2) is 5.69 Å². The molecule has 42 valence electrons. The molecule has 2 radical (unpaired) electrons. The van der Waals surface area contributed by atoms with Crippen molar-refractivity contribution in [2.45, 2.75) is 0 Å². The Balaban J connectivity index is 3.20. The lowest BCUT2D eigenvalue weighted by atomic mass is 10.2. The third kappa shape index (κ3) is 1.09. The molecule has 1 aromatic carbocycles. The third-order valence-corrected chi connectivity index (χ3v) is 1.06. The van der Waals surface area contributed by atoms with Gasteiger partial charge in [-0.15, -0.1) is 0 Å². The van der Waals surface area contributed by atoms with E-state index in [-0.39, 0.29) is 0 Å². The number of rotatable bonds is 0. The number of hydrogen-bond acceptors (Lipinski definition) is 0. The van der Waals surface area contributed by atoms with Gasteiger partial charge < -0.3 is 0 Å². The van der Waals surface area contributed by atoms with Crippen LogP contribution in [-0.4, -0.2) is 0 Å². The summed E-state index contributed by atoms with van der Waals surface area (Å²) < 4.78 is 0. The smallest absolute Gasteiger partial charge is 0.190 e. The van der Waals surface area contributed by atoms with Crippen molar-refractivity contribution in [3.63, 3.8) is 0 Å². The van der Waals surface area contributed by atoms with E-state index in [0.29, 0.717) is 11.3 Å². The molecule has 1 aromatic rings. The Morgan fingerprint density at radius 3 is 2.44 bits per heavy atom. The standard InChI is InChI=1S/C8H5N/c1-7-5-3-4-6-8(7)9-2/h1,3-6H. The van der Waals surface area contributed by atoms with Gasteiger partial charge in [-0.2, -0.15) is 0 Å². The van der Waals surface area contributed by atoms with E-state index in [0.717, 1.165) is 0 Å². The zero-order valence-electron chi connectivity index (χ0n) is 4.83. The van der Waals surface area contributed by atoms with Gasteiger partial charge in [-0.1, -0.05) is 24.3 Å². The molecule has 1 nitrogen and oxygen atoms in total. The summed E-state index contributed by atoms with van der Waals surface area (Å²) >= 11 is 0. The zero-order chi connectivity index (χ0) is 6.69. The van der Waals surface area contributed by atoms with Gasteiger partial charge in [0, 0.05) is 0 Å². The molecule has 0 aliphatic rings. The van der Waals surface area contributed by atoms with Crippen LogP contribution < -0.4 is 0 Å². The van der Waals surface area contributed by atoms with Crippen molar-refractivity contribution >= 4 is 5.69 Å². The molecule has 1 heteroatoms. The van der Waals surface area contributed by atoms with E-state index in [1.54, 1.807) is 18.2 Å². The predicted molar refractivity (Wildman–Crippen MR) is 36.1 cm³/mol. The van der Waals surface area contributed by atoms with Crippen molar-refractivity contribution in [1.82, 2.24) is 0 Å². The molecule has 0 aliphatic heterocycles. The summed E-state index contributed by atoms with van der Waals surface area (Å²) in [6.07, 6.45) is 0. The van der Waals surface area contributed by atoms with Gasteiger partial charge in [0.25, 0.3) is 0 Å². The van der Waals surface area contributed by atoms with Crippen molar-refractivity contribution < 1.29 is 0 Å². The van der Waals surface area contributed by atoms with E-state index < -0.39 is 0 Å². The summed E-state index contributed by atoms with van der Waals surface area (Å²) in [7, 11) is 0. The van der Waals surface area contributed by atoms with Gasteiger partial charge in [0.2, 0.25) is 0 Å². The Bertz CT molecular complexity index is 245. The van der Waals surface area contributed by atoms with Crippen molar-refractivity contribution in [1.29, 1.82) is 0 Å². The Morgan fingerprint density at radius 2 is 2.00 bits per heavy atom. The Kier molecular flexibility index (Phi) is 1.51. The maximum atomic E-state index is 6.63. The van der Waals surface area contributed by atoms with Gasteiger partial charge in [-0.05, 0) is 12.5 Å². The highest BCUT2D eigenvalue weighted by Crippen LogP contribution is 2.15. The van der Waals surface area contributed by atoms with Crippen LogP contribution in [0.4, 0.5) is 5.69 Å². The normalized spacial score (nSPS) is 8.44. The summed E-state index contributed by atoms with van der Waals surface area (Å²) in [5.41, 5.74) is 1.07. The van der Waals surface area contributed by atoms with Crippen LogP contribution in [0, 0.1) is 13.5 Å². The molecule has 0 atom stereocenters. The molecule has 0 heterocycles. The number of benzene rings is 1. The maximum absolute atomic E-state index is 6.63. The molecule has 1 rings (SSSR count). The minimum atomic E-state index is 0.525. The minimum absolute atomic E-state index is 0.525. The summed E-state index contributed by atoms with van der Waals surface area (Å²) in [4.78, 5) is 3.20. The molecule has 0 aromatic heterocycles. The molecular formula is C8H5N. The molecule has 0 amide bonds. The first-order valence-electron chi connectivity index (χ1n) is 2.56. The van der Waals surface area contributed by atoms with Crippen molar-refractivity contribution in [3.8, 4) is 0 Å². The van der Waals surface area contributed by atoms with Gasteiger partial charge in [0.1, 0.15) is 0 Å². The summed E-state index contributed by atoms with van der Waals surface area (Å²) in [5.74, 6) is 0. The molecule has 0 fully saturated rings. The molecule has 0 saturated carbocycles. The third-order valence-electron chi connectivity index (χ3n) is 1.06. The van der Waals surface area contributed by atoms with Crippen LogP contribution in [0.5, 0.6) is 0 Å². The minimum Gasteiger partial charge on any atom is -0.238 e. The van der Waals surface area contributed by atoms with Crippen LogP contribution in [0.25, 0.3) is 4.85 Å². The Morgan fingerprint density at radius 1 is 1.33 bits per heavy atom. The predicted octanol–water partition coefficient (Wildman–Crippen LogP) is 2.30. The van der Waals surface area contributed by atoms with Crippen molar-refractivity contribution in [3.05, 3.63) is 48.2 Å². The topological polar surface area (TPSA) is 4.36 Å². The van der Waals surface area contributed by atoms with Gasteiger partial charge >= 0.3 is 0 Å². The lowest BCUT2D eigenvalue weighted by Gasteiger charge is -1.90. The van der Waals surface area contributed by atoms with Crippen LogP contribution >= 0.6 is 0 Å². The number of hydrogen-bond donors (Lipinski definition) is 0. The van der Waals surface area contributed by atoms with Crippen LogP contribution in [-0.2, 0) is 0 Å². The molecule has 0 saturated heterocycles. The van der Waals surface area contributed by atoms with Crippen LogP contribution in [0.15, 0.2) is 24.3 Å². The van der Waals surface area contributed by atoms with E-state index in [4.69, 9.17) is 13.5 Å². The van der Waals surface area contributed by atoms with Crippen LogP contribution in [0.2, 0.25) is 0 Å². The molecule has 0 unspecified atom stereocenters. The molecule has 0 bridgehead atoms. The van der Waals surface area contributed by atoms with Gasteiger partial charge in [0.05, 0.1) is 6.57 Å². The number of nitrogens with zero attached hydrogens (tertiary/aromatic N) is 1. The fourth-order valence-corrected chi connectivity index (χ4v) is 0.589. The van der Waals surface area contributed by atoms with Crippen molar-refractivity contribution in [2.24, 2.45) is 0 Å². The van der Waals surface area contributed by atoms with E-state index in [1.807, 2.05) is 6.07 Å². The Labute approximate surface area is 54.8 Å². The highest BCUT2D eigenvalue weighted by atomic mass is 14.6. The molecule has 0 spiro atoms. The SMILES string of the molecule is [C-]#[N+]c1ccccc1[CH]. The molecule has 0 aliphatic carbocycles. The molecular weight excluding hydrogens is 110 g/mol. The summed E-state index contributed by atoms with van der Waals surface area (Å²) in [5, 5.41) is 0. The second-order valence-corrected chi connectivity index (χ2v) is 1.67. The average molecular weight is 115 g/mol. The van der Waals surface area contributed by atoms with Crippen molar-refractivity contribution in [2.75, 3.05) is 0 Å². The molecule has 0 N–H and O–H groups in total. The second-order valence-electron chi connectivity index (χ2n) is 1.67.